The second kappa shape index (κ2) is 6.88. The Morgan fingerprint density at radius 2 is 1.92 bits per heavy atom. The summed E-state index contributed by atoms with van der Waals surface area (Å²) in [6.07, 6.45) is 1.49. The maximum atomic E-state index is 12.0. The van der Waals surface area contributed by atoms with Crippen molar-refractivity contribution in [3.63, 3.8) is 0 Å². The number of rotatable bonds is 6. The minimum absolute atomic E-state index is 0.00864. The van der Waals surface area contributed by atoms with Gasteiger partial charge in [-0.3, -0.25) is 0 Å². The normalized spacial score (nSPS) is 25.0. The second-order valence-electron chi connectivity index (χ2n) is 8.07. The predicted molar refractivity (Wildman–Crippen MR) is 105 cm³/mol. The van der Waals surface area contributed by atoms with Crippen LogP contribution in [0.3, 0.4) is 0 Å². The zero-order valence-electron chi connectivity index (χ0n) is 16.1. The van der Waals surface area contributed by atoms with Gasteiger partial charge in [0.15, 0.2) is 20.1 Å². The Bertz CT molecular complexity index is 663. The highest BCUT2D eigenvalue weighted by molar-refractivity contribution is 6.74. The van der Waals surface area contributed by atoms with E-state index in [0.717, 1.165) is 11.8 Å². The number of benzene rings is 1. The molecule has 5 heteroatoms. The molecule has 136 valence electrons. The van der Waals surface area contributed by atoms with Crippen LogP contribution in [0.25, 0.3) is 0 Å². The van der Waals surface area contributed by atoms with Crippen LogP contribution < -0.4 is 0 Å². The van der Waals surface area contributed by atoms with Crippen molar-refractivity contribution in [1.82, 2.24) is 0 Å². The van der Waals surface area contributed by atoms with E-state index in [0.29, 0.717) is 5.90 Å². The van der Waals surface area contributed by atoms with Crippen molar-refractivity contribution in [3.05, 3.63) is 48.6 Å². The van der Waals surface area contributed by atoms with Crippen LogP contribution in [-0.4, -0.2) is 38.2 Å². The van der Waals surface area contributed by atoms with E-state index in [-0.39, 0.29) is 11.1 Å². The van der Waals surface area contributed by atoms with Gasteiger partial charge in [-0.05, 0) is 37.2 Å². The molecule has 1 heterocycles. The summed E-state index contributed by atoms with van der Waals surface area (Å²) in [6, 6.07) is 9.69. The fourth-order valence-electron chi connectivity index (χ4n) is 2.62. The molecule has 0 bridgehead atoms. The van der Waals surface area contributed by atoms with Crippen molar-refractivity contribution >= 4 is 20.5 Å². The highest BCUT2D eigenvalue weighted by Gasteiger charge is 2.51. The molecule has 0 spiro atoms. The molecule has 1 aliphatic rings. The number of carbonyl (C=O) groups is 1. The molecule has 1 aromatic rings. The molecule has 0 aromatic heterocycles. The molecule has 2 rings (SSSR count). The van der Waals surface area contributed by atoms with Crippen LogP contribution >= 0.6 is 0 Å². The largest absolute Gasteiger partial charge is 0.471 e. The molecule has 0 N–H and O–H groups in total. The number of carbonyl (C=O) groups excluding carboxylic acids is 1. The number of aliphatic imine (C=N–C) groups is 1. The zero-order chi connectivity index (χ0) is 18.9. The Hall–Kier alpha value is -1.72. The third kappa shape index (κ3) is 3.62. The standard InChI is InChI=1S/C20H29NO3Si/c1-8-20(17(14-22)24-25(6,7)19(3,4)5)15(2)23-18(21-20)16-12-10-9-11-13-16/h8-15,17H,1H2,2-7H3/t15-,17-,20+/m0/s1. The van der Waals surface area contributed by atoms with E-state index in [1.165, 1.54) is 0 Å². The molecule has 0 amide bonds. The van der Waals surface area contributed by atoms with Gasteiger partial charge < -0.3 is 14.0 Å². The van der Waals surface area contributed by atoms with E-state index in [9.17, 15) is 4.79 Å². The van der Waals surface area contributed by atoms with Gasteiger partial charge >= 0.3 is 0 Å². The summed E-state index contributed by atoms with van der Waals surface area (Å²) >= 11 is 0. The topological polar surface area (TPSA) is 47.9 Å². The highest BCUT2D eigenvalue weighted by atomic mass is 28.4. The van der Waals surface area contributed by atoms with Gasteiger partial charge in [-0.2, -0.15) is 0 Å². The molecule has 0 radical (unpaired) electrons. The van der Waals surface area contributed by atoms with Crippen molar-refractivity contribution in [2.75, 3.05) is 0 Å². The van der Waals surface area contributed by atoms with Gasteiger partial charge in [0.1, 0.15) is 12.2 Å². The first-order chi connectivity index (χ1) is 11.6. The first-order valence-corrected chi connectivity index (χ1v) is 11.6. The molecule has 4 nitrogen and oxygen atoms in total. The van der Waals surface area contributed by atoms with Crippen LogP contribution in [0.2, 0.25) is 18.1 Å². The van der Waals surface area contributed by atoms with E-state index >= 15 is 0 Å². The van der Waals surface area contributed by atoms with Crippen LogP contribution in [0.4, 0.5) is 0 Å². The summed E-state index contributed by atoms with van der Waals surface area (Å²) in [6.45, 7) is 16.6. The Balaban J connectivity index is 2.42. The van der Waals surface area contributed by atoms with Crippen molar-refractivity contribution in [1.29, 1.82) is 0 Å². The van der Waals surface area contributed by atoms with E-state index in [1.807, 2.05) is 37.3 Å². The molecular weight excluding hydrogens is 330 g/mol. The summed E-state index contributed by atoms with van der Waals surface area (Å²) < 4.78 is 12.4. The lowest BCUT2D eigenvalue weighted by Gasteiger charge is -2.42. The van der Waals surface area contributed by atoms with Crippen LogP contribution in [0.15, 0.2) is 48.0 Å². The highest BCUT2D eigenvalue weighted by Crippen LogP contribution is 2.41. The van der Waals surface area contributed by atoms with Crippen molar-refractivity contribution in [3.8, 4) is 0 Å². The van der Waals surface area contributed by atoms with Crippen molar-refractivity contribution in [2.45, 2.75) is 63.6 Å². The van der Waals surface area contributed by atoms with E-state index in [1.54, 1.807) is 6.08 Å². The molecule has 1 aliphatic heterocycles. The Kier molecular flexibility index (Phi) is 5.40. The van der Waals surface area contributed by atoms with E-state index in [4.69, 9.17) is 14.2 Å². The summed E-state index contributed by atoms with van der Waals surface area (Å²) in [4.78, 5) is 16.7. The van der Waals surface area contributed by atoms with Gasteiger partial charge in [-0.1, -0.05) is 45.0 Å². The average Bonchev–Trinajstić information content (AvgIpc) is 2.90. The molecular formula is C20H29NO3Si. The van der Waals surface area contributed by atoms with Gasteiger partial charge in [0.2, 0.25) is 5.90 Å². The predicted octanol–water partition coefficient (Wildman–Crippen LogP) is 4.37. The average molecular weight is 360 g/mol. The summed E-state index contributed by atoms with van der Waals surface area (Å²) in [7, 11) is -2.15. The Morgan fingerprint density at radius 3 is 2.40 bits per heavy atom. The third-order valence-electron chi connectivity index (χ3n) is 5.39. The molecule has 0 fully saturated rings. The lowest BCUT2D eigenvalue weighted by atomic mass is 9.89. The number of hydrogen-bond acceptors (Lipinski definition) is 4. The van der Waals surface area contributed by atoms with E-state index < -0.39 is 20.0 Å². The van der Waals surface area contributed by atoms with Gasteiger partial charge in [-0.15, -0.1) is 6.58 Å². The molecule has 25 heavy (non-hydrogen) atoms. The van der Waals surface area contributed by atoms with Crippen LogP contribution in [0.5, 0.6) is 0 Å². The van der Waals surface area contributed by atoms with Crippen molar-refractivity contribution in [2.24, 2.45) is 4.99 Å². The SMILES string of the molecule is C=C[C@@]1([C@H](C=O)O[Si](C)(C)C(C)(C)C)N=C(c2ccccc2)O[C@H]1C. The Morgan fingerprint density at radius 1 is 1.32 bits per heavy atom. The molecule has 0 unspecified atom stereocenters. The second-order valence-corrected chi connectivity index (χ2v) is 12.8. The number of hydrogen-bond donors (Lipinski definition) is 0. The number of nitrogens with zero attached hydrogens (tertiary/aromatic N) is 1. The minimum Gasteiger partial charge on any atom is -0.471 e. The lowest BCUT2D eigenvalue weighted by Crippen LogP contribution is -2.54. The van der Waals surface area contributed by atoms with E-state index in [2.05, 4.69) is 40.4 Å². The summed E-state index contributed by atoms with van der Waals surface area (Å²) in [5, 5.41) is -0.00864. The number of ether oxygens (including phenoxy) is 1. The quantitative estimate of drug-likeness (QED) is 0.430. The monoisotopic (exact) mass is 359 g/mol. The summed E-state index contributed by atoms with van der Waals surface area (Å²) in [5.74, 6) is 0.527. The molecule has 0 aliphatic carbocycles. The summed E-state index contributed by atoms with van der Waals surface area (Å²) in [5.41, 5.74) is -0.0299. The van der Waals surface area contributed by atoms with Gasteiger partial charge in [0.05, 0.1) is 0 Å². The fourth-order valence-corrected chi connectivity index (χ4v) is 3.85. The molecule has 1 aromatic carbocycles. The lowest BCUT2D eigenvalue weighted by molar-refractivity contribution is -0.117. The zero-order valence-corrected chi connectivity index (χ0v) is 17.1. The first-order valence-electron chi connectivity index (χ1n) is 8.66. The van der Waals surface area contributed by atoms with Crippen LogP contribution in [-0.2, 0) is 14.0 Å². The maximum absolute atomic E-state index is 12.0. The van der Waals surface area contributed by atoms with Crippen LogP contribution in [0, 0.1) is 0 Å². The number of aldehydes is 1. The molecule has 0 saturated heterocycles. The Labute approximate surface area is 152 Å². The third-order valence-corrected chi connectivity index (χ3v) is 9.85. The molecule has 0 saturated carbocycles. The van der Waals surface area contributed by atoms with Gasteiger partial charge in [0.25, 0.3) is 0 Å². The van der Waals surface area contributed by atoms with Crippen LogP contribution in [0.1, 0.15) is 33.3 Å². The minimum atomic E-state index is -2.15. The van der Waals surface area contributed by atoms with Gasteiger partial charge in [0, 0.05) is 5.56 Å². The maximum Gasteiger partial charge on any atom is 0.217 e. The smallest absolute Gasteiger partial charge is 0.217 e. The fraction of sp³-hybridized carbons (Fsp3) is 0.500. The molecule has 3 atom stereocenters. The first kappa shape index (κ1) is 19.6. The van der Waals surface area contributed by atoms with Gasteiger partial charge in [-0.25, -0.2) is 4.99 Å². The van der Waals surface area contributed by atoms with Crippen molar-refractivity contribution < 1.29 is 14.0 Å².